The van der Waals surface area contributed by atoms with Gasteiger partial charge in [-0.3, -0.25) is 4.79 Å². The smallest absolute Gasteiger partial charge is 0.283 e. The number of nitrogens with zero attached hydrogens (tertiary/aromatic N) is 4. The number of hydrogen-bond donors (Lipinski definition) is 1. The lowest BCUT2D eigenvalue weighted by atomic mass is 9.45. The van der Waals surface area contributed by atoms with Gasteiger partial charge in [0.15, 0.2) is 0 Å². The molecule has 0 spiro atoms. The van der Waals surface area contributed by atoms with Gasteiger partial charge < -0.3 is 15.1 Å². The summed E-state index contributed by atoms with van der Waals surface area (Å²) in [5, 5.41) is 12.3. The van der Waals surface area contributed by atoms with Crippen LogP contribution in [0.15, 0.2) is 44.9 Å². The average Bonchev–Trinajstić information content (AvgIpc) is 2.85. The molecule has 0 aliphatic heterocycles. The van der Waals surface area contributed by atoms with E-state index in [1.165, 1.54) is 18.2 Å². The molecule has 0 unspecified atom stereocenters. The van der Waals surface area contributed by atoms with Crippen LogP contribution in [0.2, 0.25) is 0 Å². The SMILES string of the molecule is CCN(CC)c1ccc(/C(Cn2ncc(N[C@@H]3C[C@@H]4C[C@H]([C@H]3C)C4(C)C)c(Br)c2=O)=N/OC)cc1. The molecule has 2 bridgehead atoms. The molecule has 4 atom stereocenters. The highest BCUT2D eigenvalue weighted by atomic mass is 79.9. The highest BCUT2D eigenvalue weighted by Gasteiger charge is 2.56. The standard InChI is InChI=1S/C27H38BrN5O2/c1-7-32(8-2)20-11-9-18(10-12-20)24(31-35-6)16-33-26(34)25(28)23(15-29-33)30-22-14-19-13-21(17(22)3)27(19,4)5/h9-12,15,17,19,21-22,30H,7-8,13-14,16H2,1-6H3/b31-24+/t17-,19+,21-,22-/m1/s1. The highest BCUT2D eigenvalue weighted by molar-refractivity contribution is 9.10. The molecule has 1 N–H and O–H groups in total. The fraction of sp³-hybridized carbons (Fsp3) is 0.593. The van der Waals surface area contributed by atoms with Gasteiger partial charge in [-0.2, -0.15) is 5.10 Å². The third-order valence-electron chi connectivity index (χ3n) is 8.51. The monoisotopic (exact) mass is 543 g/mol. The molecule has 0 amide bonds. The van der Waals surface area contributed by atoms with E-state index in [1.807, 2.05) is 12.1 Å². The highest BCUT2D eigenvalue weighted by Crippen LogP contribution is 2.61. The number of aromatic nitrogens is 2. The first-order chi connectivity index (χ1) is 16.7. The van der Waals surface area contributed by atoms with Crippen molar-refractivity contribution in [2.45, 2.75) is 60.0 Å². The van der Waals surface area contributed by atoms with E-state index in [9.17, 15) is 4.79 Å². The number of anilines is 2. The summed E-state index contributed by atoms with van der Waals surface area (Å²) < 4.78 is 1.93. The number of benzene rings is 1. The summed E-state index contributed by atoms with van der Waals surface area (Å²) in [6.07, 6.45) is 4.21. The molecule has 3 aliphatic carbocycles. The van der Waals surface area contributed by atoms with Crippen LogP contribution in [0.5, 0.6) is 0 Å². The van der Waals surface area contributed by atoms with E-state index in [2.05, 4.69) is 83.2 Å². The van der Waals surface area contributed by atoms with Crippen LogP contribution in [0, 0.1) is 23.2 Å². The minimum Gasteiger partial charge on any atom is -0.399 e. The summed E-state index contributed by atoms with van der Waals surface area (Å²) >= 11 is 3.54. The second kappa shape index (κ2) is 10.3. The molecule has 0 radical (unpaired) electrons. The fourth-order valence-corrected chi connectivity index (χ4v) is 6.52. The van der Waals surface area contributed by atoms with E-state index in [0.29, 0.717) is 27.6 Å². The molecular weight excluding hydrogens is 506 g/mol. The van der Waals surface area contributed by atoms with Crippen LogP contribution in [0.4, 0.5) is 11.4 Å². The number of hydrogen-bond acceptors (Lipinski definition) is 6. The normalized spacial score (nSPS) is 25.1. The van der Waals surface area contributed by atoms with E-state index in [-0.39, 0.29) is 12.1 Å². The third kappa shape index (κ3) is 4.86. The number of oxime groups is 1. The van der Waals surface area contributed by atoms with Gasteiger partial charge in [-0.15, -0.1) is 0 Å². The van der Waals surface area contributed by atoms with E-state index in [4.69, 9.17) is 4.84 Å². The largest absolute Gasteiger partial charge is 0.399 e. The molecule has 8 heteroatoms. The zero-order valence-corrected chi connectivity index (χ0v) is 23.3. The summed E-state index contributed by atoms with van der Waals surface area (Å²) in [6, 6.07) is 8.53. The Balaban J connectivity index is 1.51. The zero-order valence-electron chi connectivity index (χ0n) is 21.7. The van der Waals surface area contributed by atoms with Gasteiger partial charge in [0.1, 0.15) is 17.3 Å². The van der Waals surface area contributed by atoms with Crippen LogP contribution in [-0.2, 0) is 11.4 Å². The van der Waals surface area contributed by atoms with Crippen LogP contribution < -0.4 is 15.8 Å². The lowest BCUT2D eigenvalue weighted by Crippen LogP contribution is -2.58. The number of fused-ring (bicyclic) bond motifs is 2. The minimum atomic E-state index is -0.187. The lowest BCUT2D eigenvalue weighted by molar-refractivity contribution is -0.105. The Bertz CT molecular complexity index is 1120. The number of halogens is 1. The van der Waals surface area contributed by atoms with Crippen molar-refractivity contribution >= 4 is 33.0 Å². The molecule has 7 nitrogen and oxygen atoms in total. The van der Waals surface area contributed by atoms with Gasteiger partial charge in [-0.05, 0) is 77.9 Å². The molecule has 3 saturated carbocycles. The Labute approximate surface area is 217 Å². The first-order valence-corrected chi connectivity index (χ1v) is 13.5. The van der Waals surface area contributed by atoms with Gasteiger partial charge >= 0.3 is 0 Å². The van der Waals surface area contributed by atoms with Crippen molar-refractivity contribution in [2.24, 2.45) is 28.3 Å². The molecule has 3 aliphatic rings. The van der Waals surface area contributed by atoms with Crippen molar-refractivity contribution in [1.29, 1.82) is 0 Å². The minimum absolute atomic E-state index is 0.187. The average molecular weight is 545 g/mol. The second-order valence-electron chi connectivity index (χ2n) is 10.5. The Morgan fingerprint density at radius 2 is 1.94 bits per heavy atom. The van der Waals surface area contributed by atoms with Gasteiger partial charge in [0, 0.05) is 30.4 Å². The van der Waals surface area contributed by atoms with Crippen LogP contribution in [0.3, 0.4) is 0 Å². The predicted molar refractivity (Wildman–Crippen MR) is 146 cm³/mol. The van der Waals surface area contributed by atoms with Gasteiger partial charge in [0.2, 0.25) is 0 Å². The summed E-state index contributed by atoms with van der Waals surface area (Å²) in [5.41, 5.74) is 3.69. The van der Waals surface area contributed by atoms with Crippen LogP contribution in [-0.4, -0.2) is 41.7 Å². The van der Waals surface area contributed by atoms with Crippen molar-refractivity contribution in [2.75, 3.05) is 30.4 Å². The van der Waals surface area contributed by atoms with Crippen molar-refractivity contribution in [3.05, 3.63) is 50.9 Å². The maximum Gasteiger partial charge on any atom is 0.283 e. The molecule has 1 aromatic heterocycles. The Hall–Kier alpha value is -2.35. The van der Waals surface area contributed by atoms with E-state index < -0.39 is 0 Å². The van der Waals surface area contributed by atoms with E-state index >= 15 is 0 Å². The first-order valence-electron chi connectivity index (χ1n) is 12.7. The Morgan fingerprint density at radius 1 is 1.26 bits per heavy atom. The van der Waals surface area contributed by atoms with Crippen molar-refractivity contribution < 1.29 is 4.84 Å². The van der Waals surface area contributed by atoms with Gasteiger partial charge in [-0.25, -0.2) is 4.68 Å². The second-order valence-corrected chi connectivity index (χ2v) is 11.3. The van der Waals surface area contributed by atoms with Gasteiger partial charge in [-0.1, -0.05) is 38.1 Å². The van der Waals surface area contributed by atoms with Crippen LogP contribution in [0.25, 0.3) is 0 Å². The maximum absolute atomic E-state index is 13.2. The van der Waals surface area contributed by atoms with Crippen LogP contribution >= 0.6 is 15.9 Å². The molecular formula is C27H38BrN5O2. The Kier molecular flexibility index (Phi) is 7.60. The van der Waals surface area contributed by atoms with Crippen molar-refractivity contribution in [3.63, 3.8) is 0 Å². The molecule has 2 aromatic rings. The topological polar surface area (TPSA) is 71.8 Å². The molecule has 35 heavy (non-hydrogen) atoms. The summed E-state index contributed by atoms with van der Waals surface area (Å²) in [7, 11) is 1.51. The number of nitrogens with one attached hydrogen (secondary N) is 1. The zero-order chi connectivity index (χ0) is 25.3. The van der Waals surface area contributed by atoms with Gasteiger partial charge in [0.25, 0.3) is 5.56 Å². The molecule has 190 valence electrons. The van der Waals surface area contributed by atoms with Gasteiger partial charge in [0.05, 0.1) is 18.4 Å². The molecule has 3 fully saturated rings. The van der Waals surface area contributed by atoms with Crippen molar-refractivity contribution in [3.8, 4) is 0 Å². The fourth-order valence-electron chi connectivity index (χ4n) is 6.10. The lowest BCUT2D eigenvalue weighted by Gasteiger charge is -2.62. The third-order valence-corrected chi connectivity index (χ3v) is 9.28. The predicted octanol–water partition coefficient (Wildman–Crippen LogP) is 5.39. The summed E-state index contributed by atoms with van der Waals surface area (Å²) in [6.45, 7) is 13.5. The van der Waals surface area contributed by atoms with Crippen LogP contribution in [0.1, 0.15) is 53.0 Å². The van der Waals surface area contributed by atoms with E-state index in [0.717, 1.165) is 48.3 Å². The van der Waals surface area contributed by atoms with E-state index in [1.54, 1.807) is 6.20 Å². The molecule has 5 rings (SSSR count). The molecule has 0 saturated heterocycles. The molecule has 1 heterocycles. The quantitative estimate of drug-likeness (QED) is 0.339. The summed E-state index contributed by atoms with van der Waals surface area (Å²) in [4.78, 5) is 20.6. The number of rotatable bonds is 9. The molecule has 1 aromatic carbocycles. The Morgan fingerprint density at radius 3 is 2.51 bits per heavy atom. The van der Waals surface area contributed by atoms with Crippen molar-refractivity contribution in [1.82, 2.24) is 9.78 Å². The summed E-state index contributed by atoms with van der Waals surface area (Å²) in [5.74, 6) is 2.03. The first kappa shape index (κ1) is 25.7. The maximum atomic E-state index is 13.2.